The van der Waals surface area contributed by atoms with Gasteiger partial charge in [-0.2, -0.15) is 0 Å². The van der Waals surface area contributed by atoms with Gasteiger partial charge in [0.15, 0.2) is 0 Å². The Morgan fingerprint density at radius 2 is 1.54 bits per heavy atom. The molecule has 1 atom stereocenters. The molecule has 0 unspecified atom stereocenters. The van der Waals surface area contributed by atoms with Crippen LogP contribution in [0, 0.1) is 0 Å². The van der Waals surface area contributed by atoms with Crippen LogP contribution in [0.1, 0.15) is 33.3 Å². The van der Waals surface area contributed by atoms with Crippen LogP contribution >= 0.6 is 34.8 Å². The first kappa shape index (κ1) is 30.8. The van der Waals surface area contributed by atoms with E-state index in [1.807, 2.05) is 20.8 Å². The summed E-state index contributed by atoms with van der Waals surface area (Å²) < 4.78 is 28.5. The highest BCUT2D eigenvalue weighted by atomic mass is 35.5. The number of carbonyl (C=O) groups excluding carboxylic acids is 2. The SMILES string of the molecule is C[C@@H](C(=O)NC(C)(C)C)N(Cc1cccc(Cl)c1)C(=O)CN(c1ccc(Cl)cc1Cl)S(=O)(=O)c1ccccc1. The van der Waals surface area contributed by atoms with E-state index in [0.29, 0.717) is 15.6 Å². The van der Waals surface area contributed by atoms with Gasteiger partial charge in [0.25, 0.3) is 10.0 Å². The number of benzene rings is 3. The molecule has 0 saturated heterocycles. The summed E-state index contributed by atoms with van der Waals surface area (Å²) >= 11 is 18.6. The number of hydrogen-bond acceptors (Lipinski definition) is 4. The van der Waals surface area contributed by atoms with Crippen LogP contribution < -0.4 is 9.62 Å². The molecule has 0 aliphatic heterocycles. The van der Waals surface area contributed by atoms with Crippen LogP contribution in [0.3, 0.4) is 0 Å². The standard InChI is InChI=1S/C28H30Cl3N3O4S/c1-19(27(36)32-28(2,3)4)33(17-20-9-8-10-21(29)15-20)26(35)18-34(25-14-13-22(30)16-24(25)31)39(37,38)23-11-6-5-7-12-23/h5-16,19H,17-18H2,1-4H3,(H,32,36)/t19-/m0/s1. The Kier molecular flexibility index (Phi) is 9.93. The first-order valence-electron chi connectivity index (χ1n) is 12.1. The maximum atomic E-state index is 13.9. The molecule has 3 aromatic carbocycles. The van der Waals surface area contributed by atoms with E-state index < -0.39 is 34.1 Å². The number of sulfonamides is 1. The van der Waals surface area contributed by atoms with E-state index in [-0.39, 0.29) is 28.1 Å². The Labute approximate surface area is 244 Å². The molecule has 0 aliphatic rings. The topological polar surface area (TPSA) is 86.8 Å². The van der Waals surface area contributed by atoms with E-state index in [4.69, 9.17) is 34.8 Å². The number of nitrogens with zero attached hydrogens (tertiary/aromatic N) is 2. The quantitative estimate of drug-likeness (QED) is 0.314. The minimum Gasteiger partial charge on any atom is -0.350 e. The summed E-state index contributed by atoms with van der Waals surface area (Å²) in [6.07, 6.45) is 0. The van der Waals surface area contributed by atoms with E-state index in [0.717, 1.165) is 4.31 Å². The highest BCUT2D eigenvalue weighted by Gasteiger charge is 2.34. The van der Waals surface area contributed by atoms with E-state index >= 15 is 0 Å². The van der Waals surface area contributed by atoms with Gasteiger partial charge in [-0.05, 0) is 75.7 Å². The van der Waals surface area contributed by atoms with Gasteiger partial charge in [0, 0.05) is 22.1 Å². The van der Waals surface area contributed by atoms with Gasteiger partial charge in [-0.3, -0.25) is 13.9 Å². The fourth-order valence-corrected chi connectivity index (χ4v) is 6.03. The monoisotopic (exact) mass is 609 g/mol. The van der Waals surface area contributed by atoms with Crippen LogP contribution in [-0.2, 0) is 26.2 Å². The molecule has 0 saturated carbocycles. The van der Waals surface area contributed by atoms with Gasteiger partial charge in [-0.15, -0.1) is 0 Å². The molecule has 0 spiro atoms. The normalized spacial score (nSPS) is 12.5. The number of nitrogens with one attached hydrogen (secondary N) is 1. The Balaban J connectivity index is 2.06. The molecule has 3 aromatic rings. The molecule has 0 aliphatic carbocycles. The average molecular weight is 611 g/mol. The molecule has 2 amide bonds. The van der Waals surface area contributed by atoms with Crippen LogP contribution in [0.4, 0.5) is 5.69 Å². The second-order valence-corrected chi connectivity index (χ2v) is 13.1. The molecule has 1 N–H and O–H groups in total. The summed E-state index contributed by atoms with van der Waals surface area (Å²) in [6.45, 7) is 6.49. The zero-order valence-corrected chi connectivity index (χ0v) is 25.1. The second-order valence-electron chi connectivity index (χ2n) is 9.99. The Bertz CT molecular complexity index is 1440. The Morgan fingerprint density at radius 3 is 2.13 bits per heavy atom. The summed E-state index contributed by atoms with van der Waals surface area (Å²) in [5.74, 6) is -1.00. The predicted molar refractivity (Wildman–Crippen MR) is 157 cm³/mol. The molecule has 0 fully saturated rings. The predicted octanol–water partition coefficient (Wildman–Crippen LogP) is 6.17. The van der Waals surface area contributed by atoms with Crippen molar-refractivity contribution in [1.82, 2.24) is 10.2 Å². The molecule has 7 nitrogen and oxygen atoms in total. The van der Waals surface area contributed by atoms with E-state index in [1.165, 1.54) is 35.2 Å². The maximum absolute atomic E-state index is 13.9. The first-order valence-corrected chi connectivity index (χ1v) is 14.7. The summed E-state index contributed by atoms with van der Waals surface area (Å²) in [7, 11) is -4.24. The van der Waals surface area contributed by atoms with Crippen molar-refractivity contribution in [2.75, 3.05) is 10.8 Å². The largest absolute Gasteiger partial charge is 0.350 e. The second kappa shape index (κ2) is 12.6. The van der Waals surface area contributed by atoms with Crippen molar-refractivity contribution in [2.24, 2.45) is 0 Å². The van der Waals surface area contributed by atoms with Crippen molar-refractivity contribution in [3.05, 3.63) is 93.4 Å². The van der Waals surface area contributed by atoms with Crippen LogP contribution in [-0.4, -0.2) is 43.3 Å². The van der Waals surface area contributed by atoms with Crippen LogP contribution in [0.2, 0.25) is 15.1 Å². The zero-order chi connectivity index (χ0) is 29.0. The van der Waals surface area contributed by atoms with Gasteiger partial charge in [-0.1, -0.05) is 65.1 Å². The molecule has 208 valence electrons. The zero-order valence-electron chi connectivity index (χ0n) is 22.0. The summed E-state index contributed by atoms with van der Waals surface area (Å²) in [5, 5.41) is 3.71. The minimum atomic E-state index is -4.24. The fourth-order valence-electron chi connectivity index (χ4n) is 3.81. The molecule has 39 heavy (non-hydrogen) atoms. The molecule has 0 aromatic heterocycles. The number of amides is 2. The lowest BCUT2D eigenvalue weighted by Gasteiger charge is -2.33. The van der Waals surface area contributed by atoms with Gasteiger partial charge in [0.2, 0.25) is 11.8 Å². The van der Waals surface area contributed by atoms with Crippen molar-refractivity contribution < 1.29 is 18.0 Å². The van der Waals surface area contributed by atoms with E-state index in [9.17, 15) is 18.0 Å². The number of hydrogen-bond donors (Lipinski definition) is 1. The summed E-state index contributed by atoms with van der Waals surface area (Å²) in [5.41, 5.74) is 0.205. The highest BCUT2D eigenvalue weighted by Crippen LogP contribution is 2.33. The molecular weight excluding hydrogens is 581 g/mol. The molecule has 0 radical (unpaired) electrons. The molecular formula is C28H30Cl3N3O4S. The van der Waals surface area contributed by atoms with Gasteiger partial charge in [0.1, 0.15) is 12.6 Å². The van der Waals surface area contributed by atoms with Crippen molar-refractivity contribution in [1.29, 1.82) is 0 Å². The molecule has 0 heterocycles. The van der Waals surface area contributed by atoms with Crippen LogP contribution in [0.5, 0.6) is 0 Å². The summed E-state index contributed by atoms with van der Waals surface area (Å²) in [6, 6.07) is 18.0. The lowest BCUT2D eigenvalue weighted by Crippen LogP contribution is -2.54. The van der Waals surface area contributed by atoms with Crippen molar-refractivity contribution >= 4 is 62.3 Å². The molecule has 11 heteroatoms. The maximum Gasteiger partial charge on any atom is 0.264 e. The third kappa shape index (κ3) is 8.11. The lowest BCUT2D eigenvalue weighted by atomic mass is 10.1. The number of rotatable bonds is 9. The first-order chi connectivity index (χ1) is 18.2. The van der Waals surface area contributed by atoms with Gasteiger partial charge >= 0.3 is 0 Å². The molecule has 3 rings (SSSR count). The average Bonchev–Trinajstić information content (AvgIpc) is 2.85. The Hall–Kier alpha value is -2.78. The lowest BCUT2D eigenvalue weighted by molar-refractivity contribution is -0.140. The number of halogens is 3. The smallest absolute Gasteiger partial charge is 0.264 e. The van der Waals surface area contributed by atoms with Crippen LogP contribution in [0.25, 0.3) is 0 Å². The van der Waals surface area contributed by atoms with Crippen molar-refractivity contribution in [3.63, 3.8) is 0 Å². The van der Waals surface area contributed by atoms with E-state index in [1.54, 1.807) is 49.4 Å². The number of anilines is 1. The fraction of sp³-hybridized carbons (Fsp3) is 0.286. The molecule has 0 bridgehead atoms. The van der Waals surface area contributed by atoms with Crippen molar-refractivity contribution in [3.8, 4) is 0 Å². The van der Waals surface area contributed by atoms with Gasteiger partial charge < -0.3 is 10.2 Å². The van der Waals surface area contributed by atoms with Gasteiger partial charge in [-0.25, -0.2) is 8.42 Å². The minimum absolute atomic E-state index is 0.0195. The van der Waals surface area contributed by atoms with Crippen molar-refractivity contribution in [2.45, 2.75) is 50.7 Å². The summed E-state index contributed by atoms with van der Waals surface area (Å²) in [4.78, 5) is 28.3. The Morgan fingerprint density at radius 1 is 0.897 bits per heavy atom. The van der Waals surface area contributed by atoms with E-state index in [2.05, 4.69) is 5.32 Å². The third-order valence-electron chi connectivity index (χ3n) is 5.70. The van der Waals surface area contributed by atoms with Gasteiger partial charge in [0.05, 0.1) is 15.6 Å². The highest BCUT2D eigenvalue weighted by molar-refractivity contribution is 7.92. The number of carbonyl (C=O) groups is 2. The third-order valence-corrected chi connectivity index (χ3v) is 8.24. The van der Waals surface area contributed by atoms with Crippen LogP contribution in [0.15, 0.2) is 77.7 Å².